The Labute approximate surface area is 115 Å². The molecule has 1 fully saturated rings. The van der Waals surface area contributed by atoms with Gasteiger partial charge in [-0.05, 0) is 56.1 Å². The Kier molecular flexibility index (Phi) is 5.04. The van der Waals surface area contributed by atoms with Gasteiger partial charge in [0.15, 0.2) is 0 Å². The van der Waals surface area contributed by atoms with Crippen LogP contribution in [-0.4, -0.2) is 30.6 Å². The molecule has 1 aromatic carbocycles. The minimum Gasteiger partial charge on any atom is -0.313 e. The number of hydrogen-bond donors (Lipinski definition) is 1. The zero-order chi connectivity index (χ0) is 13.0. The molecule has 0 amide bonds. The van der Waals surface area contributed by atoms with Crippen LogP contribution in [0.3, 0.4) is 0 Å². The van der Waals surface area contributed by atoms with Crippen molar-refractivity contribution in [2.24, 2.45) is 0 Å². The Morgan fingerprint density at radius 2 is 2.28 bits per heavy atom. The second-order valence-corrected chi connectivity index (χ2v) is 5.63. The van der Waals surface area contributed by atoms with Gasteiger partial charge in [0.05, 0.1) is 0 Å². The van der Waals surface area contributed by atoms with Gasteiger partial charge in [0, 0.05) is 24.2 Å². The van der Waals surface area contributed by atoms with Crippen LogP contribution in [0.25, 0.3) is 0 Å². The molecule has 1 saturated heterocycles. The Morgan fingerprint density at radius 1 is 1.44 bits per heavy atom. The van der Waals surface area contributed by atoms with Crippen molar-refractivity contribution in [1.82, 2.24) is 10.2 Å². The van der Waals surface area contributed by atoms with Gasteiger partial charge in [0.25, 0.3) is 0 Å². The van der Waals surface area contributed by atoms with Crippen molar-refractivity contribution >= 4 is 11.6 Å². The SMILES string of the molecule is CCN(Cc1ccc(Cl)cc1C)CC1CCCN1. The zero-order valence-electron chi connectivity index (χ0n) is 11.4. The van der Waals surface area contributed by atoms with Crippen LogP contribution >= 0.6 is 11.6 Å². The number of rotatable bonds is 5. The van der Waals surface area contributed by atoms with Crippen molar-refractivity contribution in [2.45, 2.75) is 39.3 Å². The van der Waals surface area contributed by atoms with Crippen molar-refractivity contribution in [3.63, 3.8) is 0 Å². The smallest absolute Gasteiger partial charge is 0.0408 e. The molecule has 2 rings (SSSR count). The largest absolute Gasteiger partial charge is 0.313 e. The normalized spacial score (nSPS) is 19.7. The molecule has 1 unspecified atom stereocenters. The van der Waals surface area contributed by atoms with Gasteiger partial charge in [-0.2, -0.15) is 0 Å². The topological polar surface area (TPSA) is 15.3 Å². The lowest BCUT2D eigenvalue weighted by Crippen LogP contribution is -2.37. The van der Waals surface area contributed by atoms with Gasteiger partial charge in [-0.25, -0.2) is 0 Å². The van der Waals surface area contributed by atoms with E-state index < -0.39 is 0 Å². The monoisotopic (exact) mass is 266 g/mol. The minimum absolute atomic E-state index is 0.678. The summed E-state index contributed by atoms with van der Waals surface area (Å²) >= 11 is 6.00. The van der Waals surface area contributed by atoms with Crippen LogP contribution in [0.5, 0.6) is 0 Å². The number of nitrogens with zero attached hydrogens (tertiary/aromatic N) is 1. The third kappa shape index (κ3) is 3.71. The molecule has 1 aliphatic rings. The first kappa shape index (κ1) is 13.9. The first-order chi connectivity index (χ1) is 8.69. The molecule has 1 N–H and O–H groups in total. The van der Waals surface area contributed by atoms with Crippen molar-refractivity contribution in [2.75, 3.05) is 19.6 Å². The Bertz CT molecular complexity index is 386. The summed E-state index contributed by atoms with van der Waals surface area (Å²) in [7, 11) is 0. The van der Waals surface area contributed by atoms with Crippen LogP contribution in [0.1, 0.15) is 30.9 Å². The van der Waals surface area contributed by atoms with E-state index in [1.54, 1.807) is 0 Å². The summed E-state index contributed by atoms with van der Waals surface area (Å²) in [5, 5.41) is 4.40. The van der Waals surface area contributed by atoms with Crippen LogP contribution in [0.4, 0.5) is 0 Å². The fraction of sp³-hybridized carbons (Fsp3) is 0.600. The van der Waals surface area contributed by atoms with Crippen LogP contribution in [0.15, 0.2) is 18.2 Å². The predicted molar refractivity (Wildman–Crippen MR) is 78.2 cm³/mol. The number of aryl methyl sites for hydroxylation is 1. The minimum atomic E-state index is 0.678. The van der Waals surface area contributed by atoms with Crippen LogP contribution in [0.2, 0.25) is 5.02 Å². The van der Waals surface area contributed by atoms with Gasteiger partial charge in [-0.3, -0.25) is 4.90 Å². The number of likely N-dealkylation sites (N-methyl/N-ethyl adjacent to an activating group) is 1. The lowest BCUT2D eigenvalue weighted by atomic mass is 10.1. The molecule has 1 atom stereocenters. The average molecular weight is 267 g/mol. The van der Waals surface area contributed by atoms with Gasteiger partial charge in [-0.15, -0.1) is 0 Å². The first-order valence-corrected chi connectivity index (χ1v) is 7.27. The second kappa shape index (κ2) is 6.55. The third-order valence-corrected chi connectivity index (χ3v) is 4.02. The summed E-state index contributed by atoms with van der Waals surface area (Å²) in [4.78, 5) is 2.51. The molecule has 100 valence electrons. The highest BCUT2D eigenvalue weighted by atomic mass is 35.5. The Morgan fingerprint density at radius 3 is 2.89 bits per heavy atom. The molecule has 18 heavy (non-hydrogen) atoms. The Balaban J connectivity index is 1.96. The van der Waals surface area contributed by atoms with Gasteiger partial charge in [0.2, 0.25) is 0 Å². The first-order valence-electron chi connectivity index (χ1n) is 6.90. The van der Waals surface area contributed by atoms with Crippen molar-refractivity contribution in [3.05, 3.63) is 34.3 Å². The maximum absolute atomic E-state index is 6.00. The maximum atomic E-state index is 6.00. The quantitative estimate of drug-likeness (QED) is 0.880. The molecule has 0 aliphatic carbocycles. The number of nitrogens with one attached hydrogen (secondary N) is 1. The standard InChI is InChI=1S/C15H23ClN2/c1-3-18(11-15-5-4-8-17-15)10-13-6-7-14(16)9-12(13)2/h6-7,9,15,17H,3-5,8,10-11H2,1-2H3. The van der Waals surface area contributed by atoms with Crippen molar-refractivity contribution < 1.29 is 0 Å². The number of hydrogen-bond acceptors (Lipinski definition) is 2. The molecule has 0 spiro atoms. The highest BCUT2D eigenvalue weighted by molar-refractivity contribution is 6.30. The van der Waals surface area contributed by atoms with E-state index in [2.05, 4.69) is 36.2 Å². The van der Waals surface area contributed by atoms with E-state index in [-0.39, 0.29) is 0 Å². The lowest BCUT2D eigenvalue weighted by molar-refractivity contribution is 0.253. The molecule has 1 aliphatic heterocycles. The van der Waals surface area contributed by atoms with E-state index in [0.29, 0.717) is 6.04 Å². The van der Waals surface area contributed by atoms with E-state index >= 15 is 0 Å². The summed E-state index contributed by atoms with van der Waals surface area (Å²) in [5.74, 6) is 0. The average Bonchev–Trinajstić information content (AvgIpc) is 2.84. The van der Waals surface area contributed by atoms with Crippen LogP contribution < -0.4 is 5.32 Å². The van der Waals surface area contributed by atoms with E-state index in [4.69, 9.17) is 11.6 Å². The molecule has 2 nitrogen and oxygen atoms in total. The molecule has 0 bridgehead atoms. The lowest BCUT2D eigenvalue weighted by Gasteiger charge is -2.25. The maximum Gasteiger partial charge on any atom is 0.0408 e. The number of benzene rings is 1. The third-order valence-electron chi connectivity index (χ3n) is 3.79. The van der Waals surface area contributed by atoms with Gasteiger partial charge in [0.1, 0.15) is 0 Å². The van der Waals surface area contributed by atoms with Crippen molar-refractivity contribution in [3.8, 4) is 0 Å². The second-order valence-electron chi connectivity index (χ2n) is 5.19. The molecular weight excluding hydrogens is 244 g/mol. The molecule has 0 radical (unpaired) electrons. The molecule has 3 heteroatoms. The molecule has 0 saturated carbocycles. The van der Waals surface area contributed by atoms with E-state index in [1.807, 2.05) is 6.07 Å². The van der Waals surface area contributed by atoms with E-state index in [1.165, 1.54) is 30.5 Å². The van der Waals surface area contributed by atoms with E-state index in [9.17, 15) is 0 Å². The summed E-state index contributed by atoms with van der Waals surface area (Å²) in [6, 6.07) is 6.88. The van der Waals surface area contributed by atoms with Crippen molar-refractivity contribution in [1.29, 1.82) is 0 Å². The summed E-state index contributed by atoms with van der Waals surface area (Å²) in [6.45, 7) is 8.84. The Hall–Kier alpha value is -0.570. The summed E-state index contributed by atoms with van der Waals surface area (Å²) < 4.78 is 0. The molecular formula is C15H23ClN2. The van der Waals surface area contributed by atoms with Gasteiger partial charge >= 0.3 is 0 Å². The van der Waals surface area contributed by atoms with Crippen LogP contribution in [-0.2, 0) is 6.54 Å². The fourth-order valence-electron chi connectivity index (χ4n) is 2.61. The molecule has 1 aromatic rings. The highest BCUT2D eigenvalue weighted by Gasteiger charge is 2.17. The summed E-state index contributed by atoms with van der Waals surface area (Å²) in [5.41, 5.74) is 2.68. The highest BCUT2D eigenvalue weighted by Crippen LogP contribution is 2.17. The van der Waals surface area contributed by atoms with Gasteiger partial charge in [-0.1, -0.05) is 24.6 Å². The fourth-order valence-corrected chi connectivity index (χ4v) is 2.83. The van der Waals surface area contributed by atoms with E-state index in [0.717, 1.165) is 24.7 Å². The summed E-state index contributed by atoms with van der Waals surface area (Å²) in [6.07, 6.45) is 2.64. The predicted octanol–water partition coefficient (Wildman–Crippen LogP) is 3.22. The van der Waals surface area contributed by atoms with Gasteiger partial charge < -0.3 is 5.32 Å². The molecule has 1 heterocycles. The number of halogens is 1. The molecule has 0 aromatic heterocycles. The zero-order valence-corrected chi connectivity index (χ0v) is 12.1. The van der Waals surface area contributed by atoms with Crippen LogP contribution in [0, 0.1) is 6.92 Å².